The molecule has 3 aliphatic rings. The van der Waals surface area contributed by atoms with Crippen LogP contribution in [0.25, 0.3) is 11.3 Å². The smallest absolute Gasteiger partial charge is 0.255 e. The summed E-state index contributed by atoms with van der Waals surface area (Å²) < 4.78 is 5.44. The second-order valence-corrected chi connectivity index (χ2v) is 12.7. The first-order valence-electron chi connectivity index (χ1n) is 15.9. The van der Waals surface area contributed by atoms with Gasteiger partial charge in [0.1, 0.15) is 11.9 Å². The number of likely N-dealkylation sites (N-methyl/N-ethyl adjacent to an activating group) is 1. The van der Waals surface area contributed by atoms with E-state index >= 15 is 0 Å². The quantitative estimate of drug-likeness (QED) is 0.318. The standard InChI is InChI=1S/C33H41ClN8O4/c1-20-17-41(12-11-40(20)3)29-6-4-5-27(37-29)28(19-43)38-31(44)21(2)42-18-23-8-7-22(15-25(23)32(42)45)30-26(34)16-35-33(39-30)36-24-9-13-46-14-10-24/h4-8,15-16,20-21,24,28,43H,9-14,17-19H2,1-3H3,(H,38,44)(H,35,36,39)/t20-,21+,28+/m0/s1. The number of hydrogen-bond donors (Lipinski definition) is 3. The fourth-order valence-electron chi connectivity index (χ4n) is 6.16. The van der Waals surface area contributed by atoms with Gasteiger partial charge in [0.25, 0.3) is 5.91 Å². The van der Waals surface area contributed by atoms with Crippen molar-refractivity contribution in [1.29, 1.82) is 0 Å². The third kappa shape index (κ3) is 6.80. The number of fused-ring (bicyclic) bond motifs is 1. The van der Waals surface area contributed by atoms with Crippen LogP contribution in [0.5, 0.6) is 0 Å². The molecule has 0 bridgehead atoms. The molecular formula is C33H41ClN8O4. The molecular weight excluding hydrogens is 608 g/mol. The molecule has 5 heterocycles. The number of nitrogens with one attached hydrogen (secondary N) is 2. The van der Waals surface area contributed by atoms with Gasteiger partial charge in [-0.15, -0.1) is 0 Å². The predicted octanol–water partition coefficient (Wildman–Crippen LogP) is 3.12. The van der Waals surface area contributed by atoms with Gasteiger partial charge in [-0.2, -0.15) is 0 Å². The predicted molar refractivity (Wildman–Crippen MR) is 176 cm³/mol. The van der Waals surface area contributed by atoms with E-state index in [2.05, 4.69) is 44.4 Å². The number of benzene rings is 1. The number of aliphatic hydroxyl groups excluding tert-OH is 1. The van der Waals surface area contributed by atoms with E-state index in [-0.39, 0.29) is 31.0 Å². The van der Waals surface area contributed by atoms with Gasteiger partial charge < -0.3 is 35.2 Å². The highest BCUT2D eigenvalue weighted by Gasteiger charge is 2.35. The number of nitrogens with zero attached hydrogens (tertiary/aromatic N) is 6. The van der Waals surface area contributed by atoms with Gasteiger partial charge in [0.2, 0.25) is 11.9 Å². The van der Waals surface area contributed by atoms with Crippen LogP contribution in [0.4, 0.5) is 11.8 Å². The second kappa shape index (κ2) is 13.9. The number of hydrogen-bond acceptors (Lipinski definition) is 10. The summed E-state index contributed by atoms with van der Waals surface area (Å²) >= 11 is 6.51. The Hall–Kier alpha value is -3.84. The zero-order valence-electron chi connectivity index (χ0n) is 26.4. The largest absolute Gasteiger partial charge is 0.394 e. The maximum Gasteiger partial charge on any atom is 0.255 e. The molecule has 2 amide bonds. The van der Waals surface area contributed by atoms with E-state index in [0.717, 1.165) is 43.9 Å². The minimum Gasteiger partial charge on any atom is -0.394 e. The van der Waals surface area contributed by atoms with Gasteiger partial charge >= 0.3 is 0 Å². The molecule has 12 nitrogen and oxygen atoms in total. The summed E-state index contributed by atoms with van der Waals surface area (Å²) in [4.78, 5) is 46.9. The molecule has 244 valence electrons. The summed E-state index contributed by atoms with van der Waals surface area (Å²) in [5, 5.41) is 16.9. The number of amides is 2. The topological polar surface area (TPSA) is 136 Å². The number of aliphatic hydroxyl groups is 1. The summed E-state index contributed by atoms with van der Waals surface area (Å²) in [5.74, 6) is 0.662. The summed E-state index contributed by atoms with van der Waals surface area (Å²) in [6.07, 6.45) is 3.30. The first kappa shape index (κ1) is 32.1. The average Bonchev–Trinajstić information content (AvgIpc) is 3.41. The van der Waals surface area contributed by atoms with Crippen molar-refractivity contribution < 1.29 is 19.4 Å². The van der Waals surface area contributed by atoms with E-state index in [1.165, 1.54) is 4.90 Å². The zero-order chi connectivity index (χ0) is 32.4. The van der Waals surface area contributed by atoms with E-state index in [1.807, 2.05) is 24.3 Å². The molecule has 0 saturated carbocycles. The van der Waals surface area contributed by atoms with Crippen molar-refractivity contribution in [2.24, 2.45) is 0 Å². The molecule has 6 rings (SSSR count). The van der Waals surface area contributed by atoms with Crippen molar-refractivity contribution in [3.05, 3.63) is 64.4 Å². The van der Waals surface area contributed by atoms with Gasteiger partial charge in [0.05, 0.1) is 35.3 Å². The summed E-state index contributed by atoms with van der Waals surface area (Å²) in [6, 6.07) is 10.3. The Kier molecular flexibility index (Phi) is 9.69. The van der Waals surface area contributed by atoms with Crippen LogP contribution in [-0.2, 0) is 16.1 Å². The normalized spacial score (nSPS) is 20.4. The highest BCUT2D eigenvalue weighted by atomic mass is 35.5. The molecule has 2 saturated heterocycles. The minimum absolute atomic E-state index is 0.219. The molecule has 3 aliphatic heterocycles. The second-order valence-electron chi connectivity index (χ2n) is 12.3. The molecule has 1 aromatic carbocycles. The number of piperazine rings is 1. The number of carbonyl (C=O) groups is 2. The average molecular weight is 649 g/mol. The van der Waals surface area contributed by atoms with Crippen molar-refractivity contribution in [2.45, 2.75) is 57.4 Å². The molecule has 3 atom stereocenters. The Morgan fingerprint density at radius 1 is 1.17 bits per heavy atom. The maximum absolute atomic E-state index is 13.6. The summed E-state index contributed by atoms with van der Waals surface area (Å²) in [6.45, 7) is 7.85. The lowest BCUT2D eigenvalue weighted by molar-refractivity contribution is -0.126. The molecule has 2 aromatic heterocycles. The SMILES string of the molecule is C[C@H](C(=O)N[C@H](CO)c1cccc(N2CCN(C)[C@@H](C)C2)n1)N1Cc2ccc(-c3nc(NC4CCOCC4)ncc3Cl)cc2C1=O. The number of carbonyl (C=O) groups excluding carboxylic acids is 2. The van der Waals surface area contributed by atoms with Gasteiger partial charge in [0.15, 0.2) is 0 Å². The number of aromatic nitrogens is 3. The van der Waals surface area contributed by atoms with Crippen molar-refractivity contribution in [1.82, 2.24) is 30.1 Å². The third-order valence-electron chi connectivity index (χ3n) is 9.26. The van der Waals surface area contributed by atoms with Crippen molar-refractivity contribution >= 4 is 35.2 Å². The van der Waals surface area contributed by atoms with Crippen molar-refractivity contribution in [2.75, 3.05) is 56.7 Å². The van der Waals surface area contributed by atoms with E-state index in [9.17, 15) is 14.7 Å². The van der Waals surface area contributed by atoms with Crippen molar-refractivity contribution in [3.63, 3.8) is 0 Å². The number of rotatable bonds is 9. The molecule has 0 aliphatic carbocycles. The Labute approximate surface area is 274 Å². The number of anilines is 2. The molecule has 46 heavy (non-hydrogen) atoms. The number of ether oxygens (including phenoxy) is 1. The molecule has 13 heteroatoms. The summed E-state index contributed by atoms with van der Waals surface area (Å²) in [7, 11) is 2.11. The van der Waals surface area contributed by atoms with Crippen LogP contribution >= 0.6 is 11.6 Å². The molecule has 2 fully saturated rings. The fraction of sp³-hybridized carbons (Fsp3) is 0.485. The van der Waals surface area contributed by atoms with Crippen LogP contribution in [0.15, 0.2) is 42.6 Å². The van der Waals surface area contributed by atoms with Gasteiger partial charge in [0, 0.05) is 62.6 Å². The van der Waals surface area contributed by atoms with Crippen LogP contribution in [-0.4, -0.2) is 106 Å². The lowest BCUT2D eigenvalue weighted by Crippen LogP contribution is -2.50. The lowest BCUT2D eigenvalue weighted by atomic mass is 10.0. The Balaban J connectivity index is 1.13. The first-order valence-corrected chi connectivity index (χ1v) is 16.2. The minimum atomic E-state index is -0.781. The molecule has 0 unspecified atom stereocenters. The van der Waals surface area contributed by atoms with Crippen LogP contribution in [0, 0.1) is 0 Å². The molecule has 3 N–H and O–H groups in total. The number of halogens is 1. The van der Waals surface area contributed by atoms with Crippen LogP contribution in [0.3, 0.4) is 0 Å². The Morgan fingerprint density at radius 3 is 2.74 bits per heavy atom. The van der Waals surface area contributed by atoms with Crippen LogP contribution in [0.1, 0.15) is 54.3 Å². The van der Waals surface area contributed by atoms with E-state index in [0.29, 0.717) is 52.7 Å². The van der Waals surface area contributed by atoms with Gasteiger partial charge in [-0.1, -0.05) is 29.8 Å². The Morgan fingerprint density at radius 2 is 1.98 bits per heavy atom. The van der Waals surface area contributed by atoms with Gasteiger partial charge in [-0.25, -0.2) is 15.0 Å². The van der Waals surface area contributed by atoms with Crippen LogP contribution in [0.2, 0.25) is 5.02 Å². The van der Waals surface area contributed by atoms with E-state index in [1.54, 1.807) is 25.3 Å². The van der Waals surface area contributed by atoms with E-state index in [4.69, 9.17) is 21.3 Å². The molecule has 0 radical (unpaired) electrons. The van der Waals surface area contributed by atoms with Crippen molar-refractivity contribution in [3.8, 4) is 11.3 Å². The van der Waals surface area contributed by atoms with E-state index < -0.39 is 12.1 Å². The highest BCUT2D eigenvalue weighted by molar-refractivity contribution is 6.33. The van der Waals surface area contributed by atoms with Gasteiger partial charge in [-0.3, -0.25) is 9.59 Å². The monoisotopic (exact) mass is 648 g/mol. The molecule has 3 aromatic rings. The maximum atomic E-state index is 13.6. The lowest BCUT2D eigenvalue weighted by Gasteiger charge is -2.38. The fourth-order valence-corrected chi connectivity index (χ4v) is 6.36. The first-order chi connectivity index (χ1) is 22.2. The summed E-state index contributed by atoms with van der Waals surface area (Å²) in [5.41, 5.74) is 3.10. The number of pyridine rings is 1. The van der Waals surface area contributed by atoms with Crippen LogP contribution < -0.4 is 15.5 Å². The third-order valence-corrected chi connectivity index (χ3v) is 9.53. The Bertz CT molecular complexity index is 1580. The van der Waals surface area contributed by atoms with Gasteiger partial charge in [-0.05, 0) is 57.5 Å². The molecule has 0 spiro atoms. The highest BCUT2D eigenvalue weighted by Crippen LogP contribution is 2.32. The zero-order valence-corrected chi connectivity index (χ0v) is 27.2.